The van der Waals surface area contributed by atoms with Crippen molar-refractivity contribution in [1.82, 2.24) is 19.9 Å². The van der Waals surface area contributed by atoms with E-state index in [1.54, 1.807) is 18.5 Å². The van der Waals surface area contributed by atoms with Gasteiger partial charge in [0, 0.05) is 41.5 Å². The SMILES string of the molecule is CC1CN(C(=O)c2cncc(Br)c2)CC=C1c1cc(NC=O)nc2[nH]ccc12. The summed E-state index contributed by atoms with van der Waals surface area (Å²) in [6, 6.07) is 5.63. The van der Waals surface area contributed by atoms with Gasteiger partial charge in [0.15, 0.2) is 0 Å². The maximum atomic E-state index is 12.8. The summed E-state index contributed by atoms with van der Waals surface area (Å²) >= 11 is 3.36. The first-order valence-electron chi connectivity index (χ1n) is 8.85. The number of nitrogens with one attached hydrogen (secondary N) is 2. The molecule has 0 radical (unpaired) electrons. The predicted molar refractivity (Wildman–Crippen MR) is 111 cm³/mol. The number of hydrogen-bond acceptors (Lipinski definition) is 4. The summed E-state index contributed by atoms with van der Waals surface area (Å²) in [6.45, 7) is 3.20. The lowest BCUT2D eigenvalue weighted by molar-refractivity contribution is -0.105. The summed E-state index contributed by atoms with van der Waals surface area (Å²) in [5, 5.41) is 3.61. The summed E-state index contributed by atoms with van der Waals surface area (Å²) in [7, 11) is 0. The van der Waals surface area contributed by atoms with E-state index in [1.807, 2.05) is 23.2 Å². The lowest BCUT2D eigenvalue weighted by atomic mass is 9.89. The van der Waals surface area contributed by atoms with E-state index >= 15 is 0 Å². The van der Waals surface area contributed by atoms with Gasteiger partial charge < -0.3 is 15.2 Å². The zero-order valence-electron chi connectivity index (χ0n) is 15.1. The first kappa shape index (κ1) is 18.4. The van der Waals surface area contributed by atoms with Crippen molar-refractivity contribution in [3.63, 3.8) is 0 Å². The number of carbonyl (C=O) groups excluding carboxylic acids is 2. The second-order valence-corrected chi connectivity index (χ2v) is 7.64. The first-order chi connectivity index (χ1) is 13.6. The van der Waals surface area contributed by atoms with Crippen LogP contribution in [0.15, 0.2) is 47.3 Å². The van der Waals surface area contributed by atoms with Gasteiger partial charge >= 0.3 is 0 Å². The Bertz CT molecular complexity index is 1090. The van der Waals surface area contributed by atoms with Crippen LogP contribution in [-0.4, -0.2) is 45.3 Å². The van der Waals surface area contributed by atoms with Gasteiger partial charge in [-0.2, -0.15) is 0 Å². The van der Waals surface area contributed by atoms with Gasteiger partial charge in [-0.05, 0) is 51.2 Å². The molecule has 0 aromatic carbocycles. The average molecular weight is 440 g/mol. The van der Waals surface area contributed by atoms with Gasteiger partial charge in [0.1, 0.15) is 11.5 Å². The van der Waals surface area contributed by atoms with Gasteiger partial charge in [0.05, 0.1) is 5.56 Å². The zero-order chi connectivity index (χ0) is 19.7. The topological polar surface area (TPSA) is 91.0 Å². The molecule has 2 amide bonds. The molecule has 0 fully saturated rings. The number of H-pyrrole nitrogens is 1. The molecular weight excluding hydrogens is 422 g/mol. The number of nitrogens with zero attached hydrogens (tertiary/aromatic N) is 3. The highest BCUT2D eigenvalue weighted by Gasteiger charge is 2.26. The molecule has 7 nitrogen and oxygen atoms in total. The van der Waals surface area contributed by atoms with Crippen LogP contribution in [0, 0.1) is 5.92 Å². The molecule has 0 saturated heterocycles. The second-order valence-electron chi connectivity index (χ2n) is 6.72. The van der Waals surface area contributed by atoms with Crippen molar-refractivity contribution in [2.45, 2.75) is 6.92 Å². The molecule has 28 heavy (non-hydrogen) atoms. The van der Waals surface area contributed by atoms with Gasteiger partial charge in [-0.15, -0.1) is 0 Å². The van der Waals surface area contributed by atoms with E-state index in [4.69, 9.17) is 0 Å². The Labute approximate surface area is 170 Å². The Kier molecular flexibility index (Phi) is 4.95. The van der Waals surface area contributed by atoms with Gasteiger partial charge in [0.2, 0.25) is 6.41 Å². The number of aromatic amines is 1. The molecule has 0 saturated carbocycles. The highest BCUT2D eigenvalue weighted by atomic mass is 79.9. The first-order valence-corrected chi connectivity index (χ1v) is 9.64. The van der Waals surface area contributed by atoms with E-state index in [9.17, 15) is 9.59 Å². The Morgan fingerprint density at radius 2 is 2.25 bits per heavy atom. The van der Waals surface area contributed by atoms with Crippen LogP contribution in [-0.2, 0) is 4.79 Å². The lowest BCUT2D eigenvalue weighted by Crippen LogP contribution is -2.38. The molecule has 1 unspecified atom stereocenters. The molecule has 0 spiro atoms. The molecule has 1 atom stereocenters. The van der Waals surface area contributed by atoms with E-state index < -0.39 is 0 Å². The highest BCUT2D eigenvalue weighted by Crippen LogP contribution is 2.33. The quantitative estimate of drug-likeness (QED) is 0.608. The molecule has 0 bridgehead atoms. The van der Waals surface area contributed by atoms with Crippen molar-refractivity contribution < 1.29 is 9.59 Å². The number of hydrogen-bond donors (Lipinski definition) is 2. The predicted octanol–water partition coefficient (Wildman–Crippen LogP) is 3.46. The molecule has 1 aliphatic heterocycles. The van der Waals surface area contributed by atoms with Crippen molar-refractivity contribution in [2.75, 3.05) is 18.4 Å². The Morgan fingerprint density at radius 1 is 1.39 bits per heavy atom. The number of anilines is 1. The summed E-state index contributed by atoms with van der Waals surface area (Å²) in [4.78, 5) is 37.1. The normalized spacial score (nSPS) is 16.7. The number of aromatic nitrogens is 3. The van der Waals surface area contributed by atoms with Crippen LogP contribution < -0.4 is 5.32 Å². The molecule has 8 heteroatoms. The van der Waals surface area contributed by atoms with Gasteiger partial charge in [-0.25, -0.2) is 4.98 Å². The number of rotatable bonds is 4. The van der Waals surface area contributed by atoms with Gasteiger partial charge in [-0.3, -0.25) is 14.6 Å². The largest absolute Gasteiger partial charge is 0.346 e. The standard InChI is InChI=1S/C20H18BrN5O2/c1-12-10-26(20(28)13-6-14(21)9-22-8-13)5-3-15(12)17-7-18(24-11-27)25-19-16(17)2-4-23-19/h2-4,6-9,11-12H,5,10H2,1H3,(H2,23,24,25,27). The van der Waals surface area contributed by atoms with E-state index in [2.05, 4.69) is 49.2 Å². The fraction of sp³-hybridized carbons (Fsp3) is 0.200. The molecule has 0 aliphatic carbocycles. The van der Waals surface area contributed by atoms with Gasteiger partial charge in [-0.1, -0.05) is 13.0 Å². The Morgan fingerprint density at radius 3 is 3.00 bits per heavy atom. The number of amides is 2. The second kappa shape index (κ2) is 7.55. The monoisotopic (exact) mass is 439 g/mol. The average Bonchev–Trinajstić information content (AvgIpc) is 3.16. The maximum Gasteiger partial charge on any atom is 0.255 e. The smallest absolute Gasteiger partial charge is 0.255 e. The fourth-order valence-electron chi connectivity index (χ4n) is 3.58. The van der Waals surface area contributed by atoms with Crippen molar-refractivity contribution in [2.24, 2.45) is 5.92 Å². The van der Waals surface area contributed by atoms with E-state index in [0.717, 1.165) is 21.0 Å². The van der Waals surface area contributed by atoms with Crippen molar-refractivity contribution in [3.05, 3.63) is 58.5 Å². The zero-order valence-corrected chi connectivity index (χ0v) is 16.7. The summed E-state index contributed by atoms with van der Waals surface area (Å²) in [5.41, 5.74) is 3.43. The minimum absolute atomic E-state index is 0.0409. The van der Waals surface area contributed by atoms with Crippen molar-refractivity contribution in [3.8, 4) is 0 Å². The summed E-state index contributed by atoms with van der Waals surface area (Å²) < 4.78 is 0.779. The number of fused-ring (bicyclic) bond motifs is 1. The van der Waals surface area contributed by atoms with Crippen LogP contribution in [0.1, 0.15) is 22.8 Å². The molecule has 3 aromatic rings. The third kappa shape index (κ3) is 3.43. The van der Waals surface area contributed by atoms with Crippen LogP contribution in [0.3, 0.4) is 0 Å². The van der Waals surface area contributed by atoms with Crippen LogP contribution in [0.4, 0.5) is 5.82 Å². The maximum absolute atomic E-state index is 12.8. The minimum Gasteiger partial charge on any atom is -0.346 e. The highest BCUT2D eigenvalue weighted by molar-refractivity contribution is 9.10. The number of halogens is 1. The van der Waals surface area contributed by atoms with E-state index in [1.165, 1.54) is 0 Å². The lowest BCUT2D eigenvalue weighted by Gasteiger charge is -2.31. The molecule has 2 N–H and O–H groups in total. The molecule has 4 rings (SSSR count). The minimum atomic E-state index is -0.0409. The summed E-state index contributed by atoms with van der Waals surface area (Å²) in [6.07, 6.45) is 7.76. The van der Waals surface area contributed by atoms with E-state index in [0.29, 0.717) is 36.5 Å². The van der Waals surface area contributed by atoms with Gasteiger partial charge in [0.25, 0.3) is 5.91 Å². The fourth-order valence-corrected chi connectivity index (χ4v) is 3.94. The van der Waals surface area contributed by atoms with Crippen LogP contribution in [0.25, 0.3) is 16.6 Å². The molecule has 4 heterocycles. The molecule has 142 valence electrons. The van der Waals surface area contributed by atoms with Crippen molar-refractivity contribution in [1.29, 1.82) is 0 Å². The van der Waals surface area contributed by atoms with Crippen LogP contribution in [0.5, 0.6) is 0 Å². The Balaban J connectivity index is 1.66. The van der Waals surface area contributed by atoms with Crippen molar-refractivity contribution >= 4 is 50.7 Å². The third-order valence-corrected chi connectivity index (χ3v) is 5.28. The molecule has 1 aliphatic rings. The van der Waals surface area contributed by atoms with Crippen LogP contribution in [0.2, 0.25) is 0 Å². The number of pyridine rings is 2. The molecular formula is C20H18BrN5O2. The van der Waals surface area contributed by atoms with Crippen LogP contribution >= 0.6 is 15.9 Å². The third-order valence-electron chi connectivity index (χ3n) is 4.84. The Hall–Kier alpha value is -3.00. The van der Waals surface area contributed by atoms with E-state index in [-0.39, 0.29) is 11.8 Å². The molecule has 3 aromatic heterocycles. The summed E-state index contributed by atoms with van der Waals surface area (Å²) in [5.74, 6) is 0.579. The number of carbonyl (C=O) groups is 2.